The molecule has 0 heterocycles. The zero-order chi connectivity index (χ0) is 23.7. The molecule has 1 aromatic rings. The SMILES string of the molecule is CCC[CH2][Sn]([CH2]CCC)([CH2]CCC)[c]1cccc(NC(=O)CCCCCCC(=O)NO)c1. The number of hydrogen-bond acceptors (Lipinski definition) is 3. The predicted molar refractivity (Wildman–Crippen MR) is 137 cm³/mol. The molecular formula is C26H46N2O3Sn. The van der Waals surface area contributed by atoms with Gasteiger partial charge in [-0.3, -0.25) is 10.0 Å². The number of nitrogens with one attached hydrogen (secondary N) is 2. The molecule has 5 nitrogen and oxygen atoms in total. The Balaban J connectivity index is 2.72. The molecule has 0 saturated heterocycles. The van der Waals surface area contributed by atoms with Gasteiger partial charge in [-0.15, -0.1) is 0 Å². The van der Waals surface area contributed by atoms with Crippen molar-refractivity contribution < 1.29 is 14.8 Å². The van der Waals surface area contributed by atoms with E-state index in [1.807, 2.05) is 6.07 Å². The second-order valence-electron chi connectivity index (χ2n) is 9.17. The second kappa shape index (κ2) is 17.4. The Morgan fingerprint density at radius 2 is 1.31 bits per heavy atom. The number of hydrogen-bond donors (Lipinski definition) is 3. The van der Waals surface area contributed by atoms with Crippen molar-refractivity contribution in [3.63, 3.8) is 0 Å². The van der Waals surface area contributed by atoms with Crippen molar-refractivity contribution in [1.82, 2.24) is 5.48 Å². The van der Waals surface area contributed by atoms with Crippen LogP contribution in [-0.2, 0) is 9.59 Å². The number of amides is 2. The topological polar surface area (TPSA) is 78.4 Å². The fraction of sp³-hybridized carbons (Fsp3) is 0.692. The summed E-state index contributed by atoms with van der Waals surface area (Å²) in [6.45, 7) is 6.90. The Morgan fingerprint density at radius 1 is 0.781 bits per heavy atom. The van der Waals surface area contributed by atoms with E-state index in [1.165, 1.54) is 51.8 Å². The van der Waals surface area contributed by atoms with E-state index in [2.05, 4.69) is 44.3 Å². The van der Waals surface area contributed by atoms with Crippen LogP contribution in [0, 0.1) is 0 Å². The number of benzene rings is 1. The molecule has 0 unspecified atom stereocenters. The molecule has 3 N–H and O–H groups in total. The van der Waals surface area contributed by atoms with E-state index >= 15 is 0 Å². The summed E-state index contributed by atoms with van der Waals surface area (Å²) < 4.78 is 5.87. The average Bonchev–Trinajstić information content (AvgIpc) is 2.81. The first kappa shape index (κ1) is 29.0. The van der Waals surface area contributed by atoms with Crippen LogP contribution < -0.4 is 14.4 Å². The number of hydroxylamine groups is 1. The van der Waals surface area contributed by atoms with E-state index < -0.39 is 18.4 Å². The Morgan fingerprint density at radius 3 is 1.81 bits per heavy atom. The van der Waals surface area contributed by atoms with E-state index in [-0.39, 0.29) is 11.8 Å². The number of unbranched alkanes of at least 4 members (excludes halogenated alkanes) is 6. The van der Waals surface area contributed by atoms with Crippen molar-refractivity contribution in [3.05, 3.63) is 24.3 Å². The zero-order valence-electron chi connectivity index (χ0n) is 20.7. The van der Waals surface area contributed by atoms with Gasteiger partial charge in [-0.1, -0.05) is 0 Å². The molecule has 0 aliphatic carbocycles. The van der Waals surface area contributed by atoms with E-state index in [1.54, 1.807) is 9.06 Å². The van der Waals surface area contributed by atoms with E-state index in [9.17, 15) is 9.59 Å². The van der Waals surface area contributed by atoms with Crippen molar-refractivity contribution in [1.29, 1.82) is 0 Å². The number of carbonyl (C=O) groups is 2. The Labute approximate surface area is 200 Å². The van der Waals surface area contributed by atoms with Crippen LogP contribution in [0.3, 0.4) is 0 Å². The second-order valence-corrected chi connectivity index (χ2v) is 22.4. The molecule has 2 amide bonds. The van der Waals surface area contributed by atoms with Gasteiger partial charge >= 0.3 is 185 Å². The summed E-state index contributed by atoms with van der Waals surface area (Å²) in [5.74, 6) is -0.271. The van der Waals surface area contributed by atoms with E-state index in [4.69, 9.17) is 5.21 Å². The van der Waals surface area contributed by atoms with Gasteiger partial charge in [0.05, 0.1) is 0 Å². The minimum absolute atomic E-state index is 0.0757. The van der Waals surface area contributed by atoms with Crippen LogP contribution in [-0.4, -0.2) is 35.4 Å². The molecule has 0 aliphatic heterocycles. The first-order chi connectivity index (χ1) is 15.5. The van der Waals surface area contributed by atoms with E-state index in [0.29, 0.717) is 12.8 Å². The van der Waals surface area contributed by atoms with Gasteiger partial charge in [0.15, 0.2) is 0 Å². The van der Waals surface area contributed by atoms with Gasteiger partial charge in [-0.05, 0) is 0 Å². The maximum atomic E-state index is 12.5. The third kappa shape index (κ3) is 11.2. The zero-order valence-corrected chi connectivity index (χ0v) is 23.5. The molecule has 0 aromatic heterocycles. The maximum absolute atomic E-state index is 12.5. The number of carbonyl (C=O) groups excluding carboxylic acids is 2. The predicted octanol–water partition coefficient (Wildman–Crippen LogP) is 6.53. The first-order valence-electron chi connectivity index (χ1n) is 12.8. The summed E-state index contributed by atoms with van der Waals surface area (Å²) in [4.78, 5) is 23.5. The molecule has 182 valence electrons. The molecule has 0 saturated carbocycles. The van der Waals surface area contributed by atoms with Crippen LogP contribution in [0.4, 0.5) is 5.69 Å². The molecule has 0 bridgehead atoms. The average molecular weight is 553 g/mol. The van der Waals surface area contributed by atoms with Crippen LogP contribution in [0.25, 0.3) is 0 Å². The van der Waals surface area contributed by atoms with Crippen molar-refractivity contribution in [3.8, 4) is 0 Å². The van der Waals surface area contributed by atoms with Gasteiger partial charge in [0.2, 0.25) is 0 Å². The van der Waals surface area contributed by atoms with Gasteiger partial charge in [-0.25, -0.2) is 5.48 Å². The Kier molecular flexibility index (Phi) is 15.7. The normalized spacial score (nSPS) is 11.4. The molecule has 1 rings (SSSR count). The van der Waals surface area contributed by atoms with Gasteiger partial charge in [0, 0.05) is 0 Å². The molecule has 0 radical (unpaired) electrons. The van der Waals surface area contributed by atoms with Crippen molar-refractivity contribution in [2.24, 2.45) is 0 Å². The summed E-state index contributed by atoms with van der Waals surface area (Å²) in [5.41, 5.74) is 2.61. The van der Waals surface area contributed by atoms with Gasteiger partial charge in [-0.2, -0.15) is 0 Å². The van der Waals surface area contributed by atoms with Crippen LogP contribution in [0.15, 0.2) is 24.3 Å². The minimum atomic E-state index is -2.48. The van der Waals surface area contributed by atoms with Crippen molar-refractivity contribution in [2.45, 2.75) is 111 Å². The third-order valence-electron chi connectivity index (χ3n) is 6.47. The molecule has 6 heteroatoms. The van der Waals surface area contributed by atoms with Crippen LogP contribution >= 0.6 is 0 Å². The molecule has 0 aliphatic rings. The summed E-state index contributed by atoms with van der Waals surface area (Å²) in [5, 5.41) is 11.6. The molecule has 1 aromatic carbocycles. The molecule has 32 heavy (non-hydrogen) atoms. The summed E-state index contributed by atoms with van der Waals surface area (Å²) in [7, 11) is 0. The van der Waals surface area contributed by atoms with Gasteiger partial charge < -0.3 is 0 Å². The molecule has 0 spiro atoms. The summed E-state index contributed by atoms with van der Waals surface area (Å²) in [6.07, 6.45) is 12.0. The van der Waals surface area contributed by atoms with Crippen LogP contribution in [0.2, 0.25) is 13.3 Å². The van der Waals surface area contributed by atoms with Gasteiger partial charge in [0.25, 0.3) is 0 Å². The fourth-order valence-electron chi connectivity index (χ4n) is 4.48. The summed E-state index contributed by atoms with van der Waals surface area (Å²) in [6, 6.07) is 8.84. The number of rotatable bonds is 18. The summed E-state index contributed by atoms with van der Waals surface area (Å²) >= 11 is -2.48. The Hall–Kier alpha value is -1.08. The number of anilines is 1. The molecular weight excluding hydrogens is 507 g/mol. The molecule has 0 fully saturated rings. The Bertz CT molecular complexity index is 644. The van der Waals surface area contributed by atoms with Crippen molar-refractivity contribution >= 4 is 39.5 Å². The fourth-order valence-corrected chi connectivity index (χ4v) is 20.5. The van der Waals surface area contributed by atoms with E-state index in [0.717, 1.165) is 31.4 Å². The standard InChI is InChI=1S/C14H19N2O3.3C4H9.Sn/c17-13(15-12-8-4-3-5-9-12)10-6-1-2-7-11-14(18)16-19;3*1-3-4-2;/h3-4,8-9,19H,1-2,6-7,10-11H2,(H,15,17)(H,16,18);3*1,3-4H2,2H3;. The third-order valence-corrected chi connectivity index (χ3v) is 22.1. The monoisotopic (exact) mass is 554 g/mol. The van der Waals surface area contributed by atoms with Crippen molar-refractivity contribution in [2.75, 3.05) is 5.32 Å². The van der Waals surface area contributed by atoms with Crippen LogP contribution in [0.1, 0.15) is 97.8 Å². The quantitative estimate of drug-likeness (QED) is 0.0838. The van der Waals surface area contributed by atoms with Gasteiger partial charge in [0.1, 0.15) is 0 Å². The molecule has 0 atom stereocenters. The van der Waals surface area contributed by atoms with Crippen LogP contribution in [0.5, 0.6) is 0 Å². The first-order valence-corrected chi connectivity index (χ1v) is 20.3.